The number of ether oxygens (including phenoxy) is 1. The first kappa shape index (κ1) is 16.1. The van der Waals surface area contributed by atoms with E-state index in [1.807, 2.05) is 0 Å². The van der Waals surface area contributed by atoms with Gasteiger partial charge in [-0.1, -0.05) is 0 Å². The summed E-state index contributed by atoms with van der Waals surface area (Å²) in [6.45, 7) is 2.36. The summed E-state index contributed by atoms with van der Waals surface area (Å²) in [6.07, 6.45) is 0. The minimum absolute atomic E-state index is 0. The van der Waals surface area contributed by atoms with Crippen LogP contribution in [0.15, 0.2) is 0 Å². The van der Waals surface area contributed by atoms with E-state index in [1.165, 1.54) is 13.8 Å². The zero-order valence-corrected chi connectivity index (χ0v) is 7.16. The molecule has 2 radical (unpaired) electrons. The van der Waals surface area contributed by atoms with Crippen molar-refractivity contribution >= 4 is 11.9 Å². The van der Waals surface area contributed by atoms with Gasteiger partial charge in [0.05, 0.1) is 0 Å². The Morgan fingerprint density at radius 2 is 1.33 bits per heavy atom. The molecule has 0 amide bonds. The maximum Gasteiger partial charge on any atom is 0.310 e. The van der Waals surface area contributed by atoms with E-state index in [0.29, 0.717) is 0 Å². The number of rotatable bonds is 0. The van der Waals surface area contributed by atoms with Crippen molar-refractivity contribution in [2.75, 3.05) is 0 Å². The van der Waals surface area contributed by atoms with E-state index in [1.54, 1.807) is 0 Å². The fourth-order valence-electron chi connectivity index (χ4n) is 0.202. The number of esters is 2. The van der Waals surface area contributed by atoms with Gasteiger partial charge < -0.3 is 4.74 Å². The van der Waals surface area contributed by atoms with Crippen LogP contribution in [0.1, 0.15) is 13.8 Å². The Hall–Kier alpha value is 0.166. The van der Waals surface area contributed by atoms with Crippen LogP contribution in [-0.2, 0) is 48.2 Å². The number of carbonyl (C=O) groups excluding carboxylic acids is 2. The maximum atomic E-state index is 9.81. The van der Waals surface area contributed by atoms with Crippen LogP contribution in [0, 0.1) is 0 Å². The molecular formula is C4H6CoMnO3. The van der Waals surface area contributed by atoms with Crippen molar-refractivity contribution in [1.82, 2.24) is 0 Å². The van der Waals surface area contributed by atoms with E-state index in [4.69, 9.17) is 0 Å². The van der Waals surface area contributed by atoms with Gasteiger partial charge in [-0.2, -0.15) is 0 Å². The normalized spacial score (nSPS) is 6.00. The fraction of sp³-hybridized carbons (Fsp3) is 0.500. The number of hydrogen-bond acceptors (Lipinski definition) is 3. The van der Waals surface area contributed by atoms with Crippen LogP contribution in [0.5, 0.6) is 0 Å². The largest absolute Gasteiger partial charge is 0.394 e. The SMILES string of the molecule is CC(=O)OC(C)=O.[Co].[Mn]. The van der Waals surface area contributed by atoms with E-state index >= 15 is 0 Å². The van der Waals surface area contributed by atoms with E-state index in [9.17, 15) is 9.59 Å². The van der Waals surface area contributed by atoms with Gasteiger partial charge >= 0.3 is 11.9 Å². The summed E-state index contributed by atoms with van der Waals surface area (Å²) >= 11 is 0. The van der Waals surface area contributed by atoms with E-state index < -0.39 is 11.9 Å². The molecule has 0 aromatic heterocycles. The molecule has 0 saturated carbocycles. The molecule has 0 heterocycles. The zero-order chi connectivity index (χ0) is 5.86. The van der Waals surface area contributed by atoms with Gasteiger partial charge in [0.2, 0.25) is 0 Å². The quantitative estimate of drug-likeness (QED) is 0.327. The Labute approximate surface area is 74.2 Å². The van der Waals surface area contributed by atoms with Gasteiger partial charge in [-0.05, 0) is 0 Å². The molecule has 0 saturated heterocycles. The molecule has 0 aliphatic carbocycles. The average Bonchev–Trinajstić information content (AvgIpc) is 1.27. The Kier molecular flexibility index (Phi) is 14.6. The van der Waals surface area contributed by atoms with Crippen LogP contribution in [-0.4, -0.2) is 11.9 Å². The molecule has 9 heavy (non-hydrogen) atoms. The molecule has 0 bridgehead atoms. The summed E-state index contributed by atoms with van der Waals surface area (Å²) in [5.41, 5.74) is 0. The second-order valence-electron chi connectivity index (χ2n) is 1.09. The predicted octanol–water partition coefficient (Wildman–Crippen LogP) is 0.0910. The van der Waals surface area contributed by atoms with Gasteiger partial charge in [-0.25, -0.2) is 0 Å². The zero-order valence-electron chi connectivity index (χ0n) is 4.94. The van der Waals surface area contributed by atoms with Gasteiger partial charge in [-0.3, -0.25) is 9.59 Å². The third kappa shape index (κ3) is 17.9. The van der Waals surface area contributed by atoms with Gasteiger partial charge in [0.15, 0.2) is 0 Å². The second-order valence-corrected chi connectivity index (χ2v) is 1.09. The van der Waals surface area contributed by atoms with Crippen molar-refractivity contribution in [3.8, 4) is 0 Å². The van der Waals surface area contributed by atoms with E-state index in [0.717, 1.165) is 0 Å². The van der Waals surface area contributed by atoms with Crippen molar-refractivity contribution in [3.63, 3.8) is 0 Å². The molecule has 0 aliphatic heterocycles. The first-order valence-corrected chi connectivity index (χ1v) is 1.82. The summed E-state index contributed by atoms with van der Waals surface area (Å²) in [5.74, 6) is -1.12. The molecule has 0 fully saturated rings. The molecule has 5 heteroatoms. The summed E-state index contributed by atoms with van der Waals surface area (Å²) < 4.78 is 3.97. The van der Waals surface area contributed by atoms with Crippen molar-refractivity contribution < 1.29 is 48.2 Å². The first-order chi connectivity index (χ1) is 3.13. The molecule has 0 spiro atoms. The summed E-state index contributed by atoms with van der Waals surface area (Å²) in [4.78, 5) is 19.6. The van der Waals surface area contributed by atoms with Crippen molar-refractivity contribution in [3.05, 3.63) is 0 Å². The molecule has 0 aromatic carbocycles. The second kappa shape index (κ2) is 8.17. The van der Waals surface area contributed by atoms with Crippen molar-refractivity contribution in [2.24, 2.45) is 0 Å². The standard InChI is InChI=1S/C4H6O3.Co.Mn/c1-3(5)7-4(2)6;;/h1-2H3;;. The molecule has 0 aromatic rings. The van der Waals surface area contributed by atoms with E-state index in [-0.39, 0.29) is 33.8 Å². The Bertz CT molecular complexity index is 92.0. The first-order valence-electron chi connectivity index (χ1n) is 1.82. The molecule has 0 unspecified atom stereocenters. The molecule has 0 aliphatic rings. The summed E-state index contributed by atoms with van der Waals surface area (Å²) in [6, 6.07) is 0. The minimum Gasteiger partial charge on any atom is -0.394 e. The van der Waals surface area contributed by atoms with Gasteiger partial charge in [-0.15, -0.1) is 0 Å². The predicted molar refractivity (Wildman–Crippen MR) is 22.4 cm³/mol. The summed E-state index contributed by atoms with van der Waals surface area (Å²) in [5, 5.41) is 0. The molecular weight excluding hydrogens is 210 g/mol. The molecule has 3 nitrogen and oxygen atoms in total. The van der Waals surface area contributed by atoms with Crippen LogP contribution < -0.4 is 0 Å². The van der Waals surface area contributed by atoms with Crippen LogP contribution in [0.3, 0.4) is 0 Å². The fourth-order valence-corrected chi connectivity index (χ4v) is 0.202. The van der Waals surface area contributed by atoms with Crippen LogP contribution in [0.4, 0.5) is 0 Å². The average molecular weight is 216 g/mol. The van der Waals surface area contributed by atoms with Gasteiger partial charge in [0, 0.05) is 47.7 Å². The maximum absolute atomic E-state index is 9.81. The topological polar surface area (TPSA) is 43.4 Å². The molecule has 0 N–H and O–H groups in total. The van der Waals surface area contributed by atoms with Gasteiger partial charge in [0.1, 0.15) is 0 Å². The minimum atomic E-state index is -0.562. The number of hydrogen-bond donors (Lipinski definition) is 0. The Balaban J connectivity index is -0.000000180. The van der Waals surface area contributed by atoms with Gasteiger partial charge in [0.25, 0.3) is 0 Å². The molecule has 0 atom stereocenters. The molecule has 56 valence electrons. The Morgan fingerprint density at radius 3 is 1.33 bits per heavy atom. The van der Waals surface area contributed by atoms with Crippen molar-refractivity contribution in [2.45, 2.75) is 13.8 Å². The third-order valence-electron chi connectivity index (χ3n) is 0.287. The third-order valence-corrected chi connectivity index (χ3v) is 0.287. The van der Waals surface area contributed by atoms with Crippen LogP contribution in [0.2, 0.25) is 0 Å². The Morgan fingerprint density at radius 1 is 1.11 bits per heavy atom. The van der Waals surface area contributed by atoms with Crippen LogP contribution >= 0.6 is 0 Å². The smallest absolute Gasteiger partial charge is 0.310 e. The summed E-state index contributed by atoms with van der Waals surface area (Å²) in [7, 11) is 0. The van der Waals surface area contributed by atoms with Crippen LogP contribution in [0.25, 0.3) is 0 Å². The number of carbonyl (C=O) groups is 2. The molecule has 0 rings (SSSR count). The van der Waals surface area contributed by atoms with E-state index in [2.05, 4.69) is 4.74 Å². The monoisotopic (exact) mass is 216 g/mol. The van der Waals surface area contributed by atoms with Crippen molar-refractivity contribution in [1.29, 1.82) is 0 Å².